The number of amides is 1. The summed E-state index contributed by atoms with van der Waals surface area (Å²) in [6, 6.07) is 26.8. The number of aryl methyl sites for hydroxylation is 1. The van der Waals surface area contributed by atoms with Gasteiger partial charge in [0.25, 0.3) is 0 Å². The monoisotopic (exact) mass is 457 g/mol. The zero-order chi connectivity index (χ0) is 24.3. The fourth-order valence-corrected chi connectivity index (χ4v) is 4.96. The van der Waals surface area contributed by atoms with Crippen LogP contribution in [-0.4, -0.2) is 28.2 Å². The molecule has 1 heterocycles. The highest BCUT2D eigenvalue weighted by Gasteiger charge is 2.46. The minimum Gasteiger partial charge on any atom is -0.438 e. The fourth-order valence-electron chi connectivity index (χ4n) is 4.96. The predicted molar refractivity (Wildman–Crippen MR) is 137 cm³/mol. The van der Waals surface area contributed by atoms with E-state index in [0.29, 0.717) is 19.4 Å². The van der Waals surface area contributed by atoms with Gasteiger partial charge in [0.1, 0.15) is 5.60 Å². The Hall–Kier alpha value is -3.11. The van der Waals surface area contributed by atoms with Crippen molar-refractivity contribution >= 4 is 6.09 Å². The van der Waals surface area contributed by atoms with E-state index in [-0.39, 0.29) is 12.1 Å². The van der Waals surface area contributed by atoms with Crippen LogP contribution in [0.4, 0.5) is 4.79 Å². The summed E-state index contributed by atoms with van der Waals surface area (Å²) in [5.41, 5.74) is 3.88. The first-order valence-corrected chi connectivity index (χ1v) is 12.2. The van der Waals surface area contributed by atoms with E-state index in [2.05, 4.69) is 55.5 Å². The largest absolute Gasteiger partial charge is 0.438 e. The van der Waals surface area contributed by atoms with Gasteiger partial charge < -0.3 is 14.7 Å². The molecule has 1 fully saturated rings. The summed E-state index contributed by atoms with van der Waals surface area (Å²) in [5.74, 6) is 0. The third kappa shape index (κ3) is 5.18. The molecule has 4 nitrogen and oxygen atoms in total. The molecule has 0 radical (unpaired) electrons. The molecule has 1 saturated heterocycles. The first kappa shape index (κ1) is 24.0. The van der Waals surface area contributed by atoms with Crippen LogP contribution in [-0.2, 0) is 16.8 Å². The Bertz CT molecular complexity index is 1100. The molecule has 0 bridgehead atoms. The highest BCUT2D eigenvalue weighted by Crippen LogP contribution is 2.42. The zero-order valence-corrected chi connectivity index (χ0v) is 20.6. The summed E-state index contributed by atoms with van der Waals surface area (Å²) in [7, 11) is 0. The maximum Gasteiger partial charge on any atom is 0.411 e. The van der Waals surface area contributed by atoms with Crippen LogP contribution in [0.3, 0.4) is 0 Å². The molecule has 0 saturated carbocycles. The Balaban J connectivity index is 1.51. The van der Waals surface area contributed by atoms with Gasteiger partial charge in [0.15, 0.2) is 0 Å². The van der Waals surface area contributed by atoms with Crippen molar-refractivity contribution in [2.24, 2.45) is 0 Å². The van der Waals surface area contributed by atoms with Gasteiger partial charge in [-0.1, -0.05) is 85.8 Å². The Morgan fingerprint density at radius 2 is 1.56 bits per heavy atom. The summed E-state index contributed by atoms with van der Waals surface area (Å²) >= 11 is 0. The number of benzene rings is 3. The van der Waals surface area contributed by atoms with E-state index in [1.165, 1.54) is 11.1 Å². The van der Waals surface area contributed by atoms with Crippen LogP contribution >= 0.6 is 0 Å². The van der Waals surface area contributed by atoms with E-state index in [1.54, 1.807) is 18.7 Å². The number of cyclic esters (lactones) is 1. The summed E-state index contributed by atoms with van der Waals surface area (Å²) in [4.78, 5) is 15.0. The lowest BCUT2D eigenvalue weighted by Crippen LogP contribution is -2.51. The molecule has 2 atom stereocenters. The molecule has 178 valence electrons. The number of carbonyl (C=O) groups excluding carboxylic acids is 1. The smallest absolute Gasteiger partial charge is 0.411 e. The number of aliphatic hydroxyl groups is 1. The second-order valence-corrected chi connectivity index (χ2v) is 10.0. The summed E-state index contributed by atoms with van der Waals surface area (Å²) < 4.78 is 6.13. The van der Waals surface area contributed by atoms with E-state index >= 15 is 0 Å². The van der Waals surface area contributed by atoms with Gasteiger partial charge in [0, 0.05) is 19.4 Å². The van der Waals surface area contributed by atoms with Crippen molar-refractivity contribution in [3.8, 4) is 11.1 Å². The van der Waals surface area contributed by atoms with Crippen LogP contribution in [0.2, 0.25) is 0 Å². The number of carbonyl (C=O) groups is 1. The van der Waals surface area contributed by atoms with Gasteiger partial charge in [-0.15, -0.1) is 0 Å². The summed E-state index contributed by atoms with van der Waals surface area (Å²) in [6.07, 6.45) is 1.66. The number of rotatable bonds is 7. The molecular weight excluding hydrogens is 422 g/mol. The third-order valence-electron chi connectivity index (χ3n) is 6.85. The van der Waals surface area contributed by atoms with Crippen molar-refractivity contribution in [1.82, 2.24) is 4.90 Å². The van der Waals surface area contributed by atoms with Crippen LogP contribution in [0, 0.1) is 0 Å². The van der Waals surface area contributed by atoms with Crippen molar-refractivity contribution in [1.29, 1.82) is 0 Å². The average Bonchev–Trinajstić information content (AvgIpc) is 2.83. The van der Waals surface area contributed by atoms with Gasteiger partial charge in [-0.25, -0.2) is 4.79 Å². The van der Waals surface area contributed by atoms with Crippen molar-refractivity contribution < 1.29 is 14.6 Å². The van der Waals surface area contributed by atoms with Gasteiger partial charge in [-0.2, -0.15) is 0 Å². The van der Waals surface area contributed by atoms with Gasteiger partial charge >= 0.3 is 6.09 Å². The minimum atomic E-state index is -0.963. The minimum absolute atomic E-state index is 0.111. The number of hydrogen-bond donors (Lipinski definition) is 1. The molecule has 0 unspecified atom stereocenters. The third-order valence-corrected chi connectivity index (χ3v) is 6.85. The quantitative estimate of drug-likeness (QED) is 0.421. The van der Waals surface area contributed by atoms with Crippen LogP contribution in [0.1, 0.15) is 63.3 Å². The summed E-state index contributed by atoms with van der Waals surface area (Å²) in [6.45, 7) is 8.28. The zero-order valence-electron chi connectivity index (χ0n) is 20.6. The molecule has 0 aromatic heterocycles. The molecule has 1 N–H and O–H groups in total. The van der Waals surface area contributed by atoms with Gasteiger partial charge in [-0.05, 0) is 55.0 Å². The molecule has 4 heteroatoms. The lowest BCUT2D eigenvalue weighted by atomic mass is 9.80. The molecule has 3 aromatic carbocycles. The Morgan fingerprint density at radius 3 is 2.09 bits per heavy atom. The standard InChI is InChI=1S/C30H35NO3/c1-5-23-11-13-25(14-12-23)26-17-15-24(16-18-26)22(2)31-20-19-30(34-28(31)32,21-29(3,4)33)27-9-7-6-8-10-27/h6-18,22,33H,5,19-21H2,1-4H3/t22-,30-/m0/s1. The predicted octanol–water partition coefficient (Wildman–Crippen LogP) is 6.88. The lowest BCUT2D eigenvalue weighted by molar-refractivity contribution is -0.101. The molecule has 0 aliphatic carbocycles. The maximum atomic E-state index is 13.3. The first-order valence-electron chi connectivity index (χ1n) is 12.2. The molecular formula is C30H35NO3. The molecule has 1 aliphatic heterocycles. The van der Waals surface area contributed by atoms with Crippen molar-refractivity contribution in [2.45, 2.75) is 64.2 Å². The topological polar surface area (TPSA) is 49.8 Å². The number of nitrogens with zero attached hydrogens (tertiary/aromatic N) is 1. The van der Waals surface area contributed by atoms with Crippen LogP contribution in [0.5, 0.6) is 0 Å². The summed E-state index contributed by atoms with van der Waals surface area (Å²) in [5, 5.41) is 10.6. The van der Waals surface area contributed by atoms with Crippen LogP contribution in [0.15, 0.2) is 78.9 Å². The van der Waals surface area contributed by atoms with E-state index in [9.17, 15) is 9.90 Å². The SMILES string of the molecule is CCc1ccc(-c2ccc([C@H](C)N3CC[C@](CC(C)(C)O)(c4ccccc4)OC3=O)cc2)cc1. The van der Waals surface area contributed by atoms with E-state index in [0.717, 1.165) is 23.1 Å². The fraction of sp³-hybridized carbons (Fsp3) is 0.367. The average molecular weight is 458 g/mol. The number of hydrogen-bond acceptors (Lipinski definition) is 3. The number of ether oxygens (including phenoxy) is 1. The van der Waals surface area contributed by atoms with Gasteiger partial charge in [-0.3, -0.25) is 0 Å². The van der Waals surface area contributed by atoms with Gasteiger partial charge in [0.2, 0.25) is 0 Å². The highest BCUT2D eigenvalue weighted by molar-refractivity contribution is 5.70. The second kappa shape index (κ2) is 9.63. The Morgan fingerprint density at radius 1 is 0.971 bits per heavy atom. The van der Waals surface area contributed by atoms with Crippen LogP contribution < -0.4 is 0 Å². The van der Waals surface area contributed by atoms with E-state index in [4.69, 9.17) is 4.74 Å². The van der Waals surface area contributed by atoms with Crippen molar-refractivity contribution in [3.05, 3.63) is 95.6 Å². The Kier molecular flexibility index (Phi) is 6.81. The lowest BCUT2D eigenvalue weighted by Gasteiger charge is -2.45. The molecule has 3 aromatic rings. The Labute approximate surface area is 203 Å². The highest BCUT2D eigenvalue weighted by atomic mass is 16.6. The molecule has 34 heavy (non-hydrogen) atoms. The first-order chi connectivity index (χ1) is 16.2. The maximum absolute atomic E-state index is 13.3. The molecule has 4 rings (SSSR count). The van der Waals surface area contributed by atoms with Crippen LogP contribution in [0.25, 0.3) is 11.1 Å². The van der Waals surface area contributed by atoms with E-state index < -0.39 is 11.2 Å². The molecule has 1 amide bonds. The second-order valence-electron chi connectivity index (χ2n) is 10.0. The van der Waals surface area contributed by atoms with Crippen molar-refractivity contribution in [2.75, 3.05) is 6.54 Å². The van der Waals surface area contributed by atoms with Gasteiger partial charge in [0.05, 0.1) is 11.6 Å². The molecule has 0 spiro atoms. The molecule has 1 aliphatic rings. The van der Waals surface area contributed by atoms with Crippen molar-refractivity contribution in [3.63, 3.8) is 0 Å². The normalized spacial score (nSPS) is 19.6. The van der Waals surface area contributed by atoms with E-state index in [1.807, 2.05) is 37.3 Å².